The molecule has 0 radical (unpaired) electrons. The molecule has 0 heterocycles. The van der Waals surface area contributed by atoms with Gasteiger partial charge < -0.3 is 0 Å². The number of para-hydroxylation sites is 1. The number of benzene rings is 1. The smallest absolute Gasteiger partial charge is 0.272 e. The standard InChI is InChI=1S/C12H13NO4/c1-8(14)11(9(2)15)7-10-5-3-4-6-12(10)13(16)17/h3-6,11H,7H2,1-2H3. The summed E-state index contributed by atoms with van der Waals surface area (Å²) in [5.41, 5.74) is 0.355. The Kier molecular flexibility index (Phi) is 4.09. The maximum Gasteiger partial charge on any atom is 0.272 e. The van der Waals surface area contributed by atoms with E-state index in [1.807, 2.05) is 0 Å². The molecule has 1 rings (SSSR count). The van der Waals surface area contributed by atoms with Crippen LogP contribution in [0.2, 0.25) is 0 Å². The van der Waals surface area contributed by atoms with Crippen molar-refractivity contribution in [3.63, 3.8) is 0 Å². The van der Waals surface area contributed by atoms with Crippen molar-refractivity contribution < 1.29 is 14.5 Å². The second-order valence-corrected chi connectivity index (χ2v) is 3.86. The molecule has 5 heteroatoms. The third kappa shape index (κ3) is 3.21. The number of hydrogen-bond donors (Lipinski definition) is 0. The van der Waals surface area contributed by atoms with Crippen LogP contribution in [0.3, 0.4) is 0 Å². The summed E-state index contributed by atoms with van der Waals surface area (Å²) in [4.78, 5) is 32.8. The fraction of sp³-hybridized carbons (Fsp3) is 0.333. The third-order valence-corrected chi connectivity index (χ3v) is 2.59. The number of hydrogen-bond acceptors (Lipinski definition) is 4. The quantitative estimate of drug-likeness (QED) is 0.444. The molecule has 0 aliphatic rings. The van der Waals surface area contributed by atoms with Crippen LogP contribution < -0.4 is 0 Å². The van der Waals surface area contributed by atoms with E-state index in [9.17, 15) is 19.7 Å². The Hall–Kier alpha value is -2.04. The van der Waals surface area contributed by atoms with Crippen molar-refractivity contribution in [2.75, 3.05) is 0 Å². The molecule has 0 fully saturated rings. The number of nitro groups is 1. The van der Waals surface area contributed by atoms with E-state index in [4.69, 9.17) is 0 Å². The molecule has 90 valence electrons. The van der Waals surface area contributed by atoms with Gasteiger partial charge in [0.2, 0.25) is 0 Å². The summed E-state index contributed by atoms with van der Waals surface area (Å²) < 4.78 is 0. The molecule has 1 aromatic carbocycles. The molecule has 0 saturated heterocycles. The topological polar surface area (TPSA) is 77.3 Å². The van der Waals surface area contributed by atoms with Crippen LogP contribution in [0.4, 0.5) is 5.69 Å². The minimum Gasteiger partial charge on any atom is -0.299 e. The van der Waals surface area contributed by atoms with E-state index >= 15 is 0 Å². The second-order valence-electron chi connectivity index (χ2n) is 3.86. The summed E-state index contributed by atoms with van der Waals surface area (Å²) in [6.45, 7) is 2.64. The first-order chi connectivity index (χ1) is 7.93. The van der Waals surface area contributed by atoms with Gasteiger partial charge in [0.1, 0.15) is 11.6 Å². The molecule has 0 bridgehead atoms. The van der Waals surface area contributed by atoms with Crippen LogP contribution in [0.25, 0.3) is 0 Å². The van der Waals surface area contributed by atoms with Gasteiger partial charge in [-0.2, -0.15) is 0 Å². The molecule has 0 saturated carbocycles. The van der Waals surface area contributed by atoms with Crippen LogP contribution in [0.1, 0.15) is 19.4 Å². The molecule has 0 aromatic heterocycles. The first-order valence-corrected chi connectivity index (χ1v) is 5.16. The Morgan fingerprint density at radius 2 is 1.76 bits per heavy atom. The van der Waals surface area contributed by atoms with E-state index in [2.05, 4.69) is 0 Å². The second kappa shape index (κ2) is 5.34. The Morgan fingerprint density at radius 3 is 2.24 bits per heavy atom. The zero-order chi connectivity index (χ0) is 13.0. The lowest BCUT2D eigenvalue weighted by Gasteiger charge is -2.10. The lowest BCUT2D eigenvalue weighted by atomic mass is 9.92. The summed E-state index contributed by atoms with van der Waals surface area (Å²) in [6.07, 6.45) is 0.0851. The van der Waals surface area contributed by atoms with Crippen molar-refractivity contribution in [3.05, 3.63) is 39.9 Å². The lowest BCUT2D eigenvalue weighted by molar-refractivity contribution is -0.385. The number of carbonyl (C=O) groups is 2. The molecular formula is C12H13NO4. The number of nitrogens with zero attached hydrogens (tertiary/aromatic N) is 1. The Bertz CT molecular complexity index is 453. The van der Waals surface area contributed by atoms with Crippen molar-refractivity contribution in [1.82, 2.24) is 0 Å². The minimum atomic E-state index is -0.795. The van der Waals surface area contributed by atoms with E-state index in [-0.39, 0.29) is 23.7 Å². The van der Waals surface area contributed by atoms with Gasteiger partial charge in [-0.05, 0) is 20.3 Å². The Balaban J connectivity index is 3.05. The lowest BCUT2D eigenvalue weighted by Crippen LogP contribution is -2.22. The first kappa shape index (κ1) is 13.0. The molecule has 17 heavy (non-hydrogen) atoms. The van der Waals surface area contributed by atoms with Crippen LogP contribution in [0.5, 0.6) is 0 Å². The molecule has 0 aliphatic carbocycles. The van der Waals surface area contributed by atoms with Crippen LogP contribution in [-0.4, -0.2) is 16.5 Å². The molecular weight excluding hydrogens is 222 g/mol. The number of carbonyl (C=O) groups excluding carboxylic acids is 2. The third-order valence-electron chi connectivity index (χ3n) is 2.59. The van der Waals surface area contributed by atoms with Gasteiger partial charge >= 0.3 is 0 Å². The molecule has 0 atom stereocenters. The van der Waals surface area contributed by atoms with Gasteiger partial charge in [0.15, 0.2) is 0 Å². The Morgan fingerprint density at radius 1 is 1.24 bits per heavy atom. The SMILES string of the molecule is CC(=O)C(Cc1ccccc1[N+](=O)[O-])C(C)=O. The zero-order valence-corrected chi connectivity index (χ0v) is 9.67. The zero-order valence-electron chi connectivity index (χ0n) is 9.67. The van der Waals surface area contributed by atoms with E-state index < -0.39 is 10.8 Å². The van der Waals surface area contributed by atoms with Crippen molar-refractivity contribution in [1.29, 1.82) is 0 Å². The highest BCUT2D eigenvalue weighted by molar-refractivity contribution is 6.00. The highest BCUT2D eigenvalue weighted by atomic mass is 16.6. The normalized spacial score (nSPS) is 10.3. The van der Waals surface area contributed by atoms with Gasteiger partial charge in [0, 0.05) is 11.6 Å². The van der Waals surface area contributed by atoms with Gasteiger partial charge in [0.05, 0.1) is 10.8 Å². The summed E-state index contributed by atoms with van der Waals surface area (Å²) >= 11 is 0. The van der Waals surface area contributed by atoms with Gasteiger partial charge in [0.25, 0.3) is 5.69 Å². The van der Waals surface area contributed by atoms with Gasteiger partial charge in [-0.15, -0.1) is 0 Å². The molecule has 0 spiro atoms. The predicted molar refractivity (Wildman–Crippen MR) is 61.7 cm³/mol. The summed E-state index contributed by atoms with van der Waals surface area (Å²) in [7, 11) is 0. The molecule has 0 N–H and O–H groups in total. The average molecular weight is 235 g/mol. The van der Waals surface area contributed by atoms with Crippen molar-refractivity contribution in [3.8, 4) is 0 Å². The van der Waals surface area contributed by atoms with Gasteiger partial charge in [-0.3, -0.25) is 19.7 Å². The fourth-order valence-electron chi connectivity index (χ4n) is 1.66. The van der Waals surface area contributed by atoms with Crippen LogP contribution in [0.15, 0.2) is 24.3 Å². The summed E-state index contributed by atoms with van der Waals surface area (Å²) in [5, 5.41) is 10.8. The number of Topliss-reactive ketones (excluding diaryl/α,β-unsaturated/α-hetero) is 2. The monoisotopic (exact) mass is 235 g/mol. The molecule has 1 aromatic rings. The predicted octanol–water partition coefficient (Wildman–Crippen LogP) is 1.93. The highest BCUT2D eigenvalue weighted by Crippen LogP contribution is 2.21. The minimum absolute atomic E-state index is 0.0556. The van der Waals surface area contributed by atoms with E-state index in [1.165, 1.54) is 19.9 Å². The summed E-state index contributed by atoms with van der Waals surface area (Å²) in [6, 6.07) is 6.14. The number of nitro benzene ring substituents is 1. The van der Waals surface area contributed by atoms with E-state index in [0.29, 0.717) is 5.56 Å². The van der Waals surface area contributed by atoms with Crippen molar-refractivity contribution >= 4 is 17.3 Å². The van der Waals surface area contributed by atoms with Crippen LogP contribution in [0, 0.1) is 16.0 Å². The van der Waals surface area contributed by atoms with E-state index in [0.717, 1.165) is 0 Å². The molecule has 0 unspecified atom stereocenters. The average Bonchev–Trinajstić information content (AvgIpc) is 2.25. The van der Waals surface area contributed by atoms with E-state index in [1.54, 1.807) is 18.2 Å². The maximum atomic E-state index is 11.3. The molecule has 5 nitrogen and oxygen atoms in total. The van der Waals surface area contributed by atoms with Crippen molar-refractivity contribution in [2.45, 2.75) is 20.3 Å². The maximum absolute atomic E-state index is 11.3. The Labute approximate surface area is 98.6 Å². The largest absolute Gasteiger partial charge is 0.299 e. The first-order valence-electron chi connectivity index (χ1n) is 5.16. The molecule has 0 amide bonds. The fourth-order valence-corrected chi connectivity index (χ4v) is 1.66. The van der Waals surface area contributed by atoms with Crippen molar-refractivity contribution in [2.24, 2.45) is 5.92 Å². The highest BCUT2D eigenvalue weighted by Gasteiger charge is 2.23. The number of rotatable bonds is 5. The number of ketones is 2. The summed E-state index contributed by atoms with van der Waals surface area (Å²) in [5.74, 6) is -1.33. The van der Waals surface area contributed by atoms with Crippen LogP contribution in [-0.2, 0) is 16.0 Å². The van der Waals surface area contributed by atoms with Gasteiger partial charge in [-0.25, -0.2) is 0 Å². The molecule has 0 aliphatic heterocycles. The van der Waals surface area contributed by atoms with Crippen LogP contribution >= 0.6 is 0 Å². The van der Waals surface area contributed by atoms with Gasteiger partial charge in [-0.1, -0.05) is 18.2 Å².